The van der Waals surface area contributed by atoms with E-state index in [4.69, 9.17) is 0 Å². The van der Waals surface area contributed by atoms with Gasteiger partial charge in [-0.3, -0.25) is 0 Å². The van der Waals surface area contributed by atoms with Crippen LogP contribution in [0.1, 0.15) is 83.3 Å². The first kappa shape index (κ1) is 23.2. The molecule has 1 aliphatic heterocycles. The molecule has 1 unspecified atom stereocenters. The molecule has 1 aromatic carbocycles. The van der Waals surface area contributed by atoms with E-state index in [2.05, 4.69) is 80.8 Å². The van der Waals surface area contributed by atoms with E-state index in [1.165, 1.54) is 62.5 Å². The zero-order valence-corrected chi connectivity index (χ0v) is 20.3. The lowest BCUT2D eigenvalue weighted by molar-refractivity contribution is 0.0532. The van der Waals surface area contributed by atoms with Gasteiger partial charge in [0, 0.05) is 18.6 Å². The van der Waals surface area contributed by atoms with Crippen molar-refractivity contribution in [1.29, 1.82) is 0 Å². The minimum absolute atomic E-state index is 0.219. The first-order valence-electron chi connectivity index (χ1n) is 12.3. The Hall–Kier alpha value is -1.48. The van der Waals surface area contributed by atoms with E-state index >= 15 is 0 Å². The van der Waals surface area contributed by atoms with Gasteiger partial charge >= 0.3 is 0 Å². The van der Waals surface area contributed by atoms with Crippen LogP contribution in [0, 0.1) is 5.92 Å². The number of hydrogen-bond acceptors (Lipinski definition) is 3. The van der Waals surface area contributed by atoms with E-state index in [1.807, 2.05) is 0 Å². The van der Waals surface area contributed by atoms with E-state index in [0.29, 0.717) is 5.54 Å². The van der Waals surface area contributed by atoms with Gasteiger partial charge in [-0.15, -0.1) is 0 Å². The summed E-state index contributed by atoms with van der Waals surface area (Å²) in [7, 11) is 4.60. The molecule has 3 rings (SSSR count). The number of benzene rings is 1. The molecule has 1 saturated carbocycles. The second kappa shape index (κ2) is 9.77. The highest BCUT2D eigenvalue weighted by molar-refractivity contribution is 5.24. The highest BCUT2D eigenvalue weighted by Crippen LogP contribution is 2.44. The Kier molecular flexibility index (Phi) is 7.55. The van der Waals surface area contributed by atoms with Gasteiger partial charge in [-0.05, 0) is 69.7 Å². The highest BCUT2D eigenvalue weighted by atomic mass is 15.3. The third kappa shape index (κ3) is 5.22. The van der Waals surface area contributed by atoms with Gasteiger partial charge in [0.05, 0.1) is 11.4 Å². The number of aryl methyl sites for hydroxylation is 1. The van der Waals surface area contributed by atoms with Crippen molar-refractivity contribution in [1.82, 2.24) is 15.1 Å². The van der Waals surface area contributed by atoms with Gasteiger partial charge in [-0.2, -0.15) is 0 Å². The molecule has 0 aromatic heterocycles. The predicted octanol–water partition coefficient (Wildman–Crippen LogP) is 5.96. The molecular weight excluding hydrogens is 366 g/mol. The first-order chi connectivity index (χ1) is 14.3. The molecule has 3 nitrogen and oxygen atoms in total. The second-order valence-electron chi connectivity index (χ2n) is 10.4. The molecule has 0 amide bonds. The molecule has 0 bridgehead atoms. The highest BCUT2D eigenvalue weighted by Gasteiger charge is 2.47. The van der Waals surface area contributed by atoms with Crippen molar-refractivity contribution >= 4 is 0 Å². The number of hydrogen-bond donors (Lipinski definition) is 1. The molecule has 2 aliphatic rings. The maximum absolute atomic E-state index is 4.37. The fourth-order valence-corrected chi connectivity index (χ4v) is 5.52. The molecule has 1 N–H and O–H groups in total. The van der Waals surface area contributed by atoms with Crippen LogP contribution in [0.4, 0.5) is 0 Å². The number of nitrogens with zero attached hydrogens (tertiary/aromatic N) is 2. The topological polar surface area (TPSA) is 18.5 Å². The SMILES string of the molecule is C=C1NC2(CCC(CCCC(C)CC)(N(C)C)CC2)CN1Cc1ccc(CC)cc1. The normalized spacial score (nSPS) is 27.7. The summed E-state index contributed by atoms with van der Waals surface area (Å²) in [6.45, 7) is 13.4. The Morgan fingerprint density at radius 1 is 1.07 bits per heavy atom. The minimum Gasteiger partial charge on any atom is -0.365 e. The average Bonchev–Trinajstić information content (AvgIpc) is 3.04. The van der Waals surface area contributed by atoms with Crippen molar-refractivity contribution < 1.29 is 0 Å². The lowest BCUT2D eigenvalue weighted by Crippen LogP contribution is -2.55. The van der Waals surface area contributed by atoms with Crippen molar-refractivity contribution in [3.05, 3.63) is 47.8 Å². The van der Waals surface area contributed by atoms with E-state index in [9.17, 15) is 0 Å². The van der Waals surface area contributed by atoms with Gasteiger partial charge in [0.25, 0.3) is 0 Å². The van der Waals surface area contributed by atoms with Crippen molar-refractivity contribution in [2.45, 2.75) is 96.2 Å². The number of rotatable bonds is 9. The molecule has 1 spiro atoms. The monoisotopic (exact) mass is 411 g/mol. The Labute approximate surface area is 185 Å². The van der Waals surface area contributed by atoms with Crippen LogP contribution in [0.25, 0.3) is 0 Å². The zero-order valence-electron chi connectivity index (χ0n) is 20.3. The predicted molar refractivity (Wildman–Crippen MR) is 129 cm³/mol. The van der Waals surface area contributed by atoms with Crippen LogP contribution in [-0.2, 0) is 13.0 Å². The largest absolute Gasteiger partial charge is 0.365 e. The molecule has 3 heteroatoms. The van der Waals surface area contributed by atoms with Gasteiger partial charge in [0.15, 0.2) is 0 Å². The molecule has 1 aliphatic carbocycles. The Morgan fingerprint density at radius 3 is 2.27 bits per heavy atom. The van der Waals surface area contributed by atoms with Crippen molar-refractivity contribution in [2.75, 3.05) is 20.6 Å². The van der Waals surface area contributed by atoms with Crippen LogP contribution >= 0.6 is 0 Å². The smallest absolute Gasteiger partial charge is 0.0947 e. The maximum atomic E-state index is 4.37. The molecular formula is C27H45N3. The van der Waals surface area contributed by atoms with E-state index in [-0.39, 0.29) is 5.54 Å². The molecule has 30 heavy (non-hydrogen) atoms. The standard InChI is InChI=1S/C27H45N3/c1-7-22(3)10-9-15-27(29(5)6)18-16-26(17-19-27)21-30(23(4)28-26)20-25-13-11-24(8-2)12-14-25/h11-14,22,28H,4,7-10,15-21H2,1-3,5-6H3. The fourth-order valence-electron chi connectivity index (χ4n) is 5.52. The summed E-state index contributed by atoms with van der Waals surface area (Å²) in [5.74, 6) is 1.97. The summed E-state index contributed by atoms with van der Waals surface area (Å²) >= 11 is 0. The summed E-state index contributed by atoms with van der Waals surface area (Å²) < 4.78 is 0. The molecule has 1 atom stereocenters. The fraction of sp³-hybridized carbons (Fsp3) is 0.704. The average molecular weight is 412 g/mol. The summed E-state index contributed by atoms with van der Waals surface area (Å²) in [6, 6.07) is 9.10. The molecule has 2 fully saturated rings. The quantitative estimate of drug-likeness (QED) is 0.541. The van der Waals surface area contributed by atoms with E-state index in [1.54, 1.807) is 0 Å². The van der Waals surface area contributed by atoms with Crippen LogP contribution < -0.4 is 5.32 Å². The molecule has 1 aromatic rings. The third-order valence-corrected chi connectivity index (χ3v) is 8.21. The lowest BCUT2D eigenvalue weighted by Gasteiger charge is -2.49. The van der Waals surface area contributed by atoms with Crippen LogP contribution in [0.15, 0.2) is 36.7 Å². The van der Waals surface area contributed by atoms with Gasteiger partial charge in [-0.25, -0.2) is 0 Å². The molecule has 1 heterocycles. The van der Waals surface area contributed by atoms with Gasteiger partial charge in [0.2, 0.25) is 0 Å². The van der Waals surface area contributed by atoms with Crippen LogP contribution in [0.5, 0.6) is 0 Å². The second-order valence-corrected chi connectivity index (χ2v) is 10.4. The van der Waals surface area contributed by atoms with Crippen molar-refractivity contribution in [2.24, 2.45) is 5.92 Å². The number of nitrogens with one attached hydrogen (secondary N) is 1. The summed E-state index contributed by atoms with van der Waals surface area (Å²) in [4.78, 5) is 5.00. The lowest BCUT2D eigenvalue weighted by atomic mass is 9.69. The molecule has 1 saturated heterocycles. The van der Waals surface area contributed by atoms with E-state index in [0.717, 1.165) is 31.2 Å². The van der Waals surface area contributed by atoms with E-state index < -0.39 is 0 Å². The Bertz CT molecular complexity index is 683. The summed E-state index contributed by atoms with van der Waals surface area (Å²) in [6.07, 6.45) is 11.6. The zero-order chi connectivity index (χ0) is 21.8. The third-order valence-electron chi connectivity index (χ3n) is 8.21. The maximum Gasteiger partial charge on any atom is 0.0947 e. The van der Waals surface area contributed by atoms with Gasteiger partial charge < -0.3 is 15.1 Å². The van der Waals surface area contributed by atoms with Crippen LogP contribution in [0.2, 0.25) is 0 Å². The first-order valence-corrected chi connectivity index (χ1v) is 12.3. The Morgan fingerprint density at radius 2 is 1.70 bits per heavy atom. The minimum atomic E-state index is 0.219. The van der Waals surface area contributed by atoms with Crippen molar-refractivity contribution in [3.63, 3.8) is 0 Å². The summed E-state index contributed by atoms with van der Waals surface area (Å²) in [5, 5.41) is 3.84. The molecule has 168 valence electrons. The van der Waals surface area contributed by atoms with Crippen molar-refractivity contribution in [3.8, 4) is 0 Å². The van der Waals surface area contributed by atoms with Gasteiger partial charge in [-0.1, -0.05) is 70.9 Å². The molecule has 0 radical (unpaired) electrons. The van der Waals surface area contributed by atoms with Crippen LogP contribution in [0.3, 0.4) is 0 Å². The van der Waals surface area contributed by atoms with Gasteiger partial charge in [0.1, 0.15) is 0 Å². The summed E-state index contributed by atoms with van der Waals surface area (Å²) in [5.41, 5.74) is 3.40. The Balaban J connectivity index is 1.58. The van der Waals surface area contributed by atoms with Crippen LogP contribution in [-0.4, -0.2) is 41.5 Å².